The van der Waals surface area contributed by atoms with Crippen LogP contribution in [0.25, 0.3) is 0 Å². The SMILES string of the molecule is FC(F)(F)c1ccc(Nc2ncnc3c2CCN(Cc2ccccc2)C3)cn1. The Kier molecular flexibility index (Phi) is 4.95. The Balaban J connectivity index is 1.48. The van der Waals surface area contributed by atoms with E-state index in [1.807, 2.05) is 18.2 Å². The lowest BCUT2D eigenvalue weighted by Gasteiger charge is -2.28. The highest BCUT2D eigenvalue weighted by Gasteiger charge is 2.32. The molecule has 1 aromatic carbocycles. The van der Waals surface area contributed by atoms with Crippen molar-refractivity contribution in [2.75, 3.05) is 11.9 Å². The summed E-state index contributed by atoms with van der Waals surface area (Å²) in [5.41, 5.74) is 2.71. The van der Waals surface area contributed by atoms with E-state index in [9.17, 15) is 13.2 Å². The lowest BCUT2D eigenvalue weighted by Crippen LogP contribution is -2.31. The molecule has 0 radical (unpaired) electrons. The number of halogens is 3. The molecule has 0 amide bonds. The van der Waals surface area contributed by atoms with Gasteiger partial charge in [0.25, 0.3) is 0 Å². The van der Waals surface area contributed by atoms with Gasteiger partial charge in [0.1, 0.15) is 17.8 Å². The molecule has 8 heteroatoms. The molecule has 0 saturated heterocycles. The molecular weight excluding hydrogens is 367 g/mol. The van der Waals surface area contributed by atoms with Gasteiger partial charge in [0, 0.05) is 25.2 Å². The molecule has 0 unspecified atom stereocenters. The quantitative estimate of drug-likeness (QED) is 0.730. The smallest absolute Gasteiger partial charge is 0.339 e. The molecule has 0 fully saturated rings. The molecule has 0 bridgehead atoms. The molecule has 3 aromatic rings. The van der Waals surface area contributed by atoms with E-state index in [2.05, 4.69) is 37.3 Å². The van der Waals surface area contributed by atoms with Gasteiger partial charge >= 0.3 is 6.18 Å². The third kappa shape index (κ3) is 4.12. The van der Waals surface area contributed by atoms with Gasteiger partial charge in [-0.05, 0) is 24.1 Å². The second kappa shape index (κ2) is 7.55. The zero-order valence-corrected chi connectivity index (χ0v) is 14.9. The number of benzene rings is 1. The Bertz CT molecular complexity index is 942. The first kappa shape index (κ1) is 18.4. The van der Waals surface area contributed by atoms with E-state index in [1.54, 1.807) is 0 Å². The highest BCUT2D eigenvalue weighted by atomic mass is 19.4. The van der Waals surface area contributed by atoms with Crippen LogP contribution in [0.3, 0.4) is 0 Å². The number of alkyl halides is 3. The lowest BCUT2D eigenvalue weighted by atomic mass is 10.0. The minimum atomic E-state index is -4.45. The number of nitrogens with one attached hydrogen (secondary N) is 1. The lowest BCUT2D eigenvalue weighted by molar-refractivity contribution is -0.141. The maximum atomic E-state index is 12.7. The first-order valence-electron chi connectivity index (χ1n) is 8.88. The van der Waals surface area contributed by atoms with Crippen molar-refractivity contribution >= 4 is 11.5 Å². The number of hydrogen-bond acceptors (Lipinski definition) is 5. The van der Waals surface area contributed by atoms with E-state index in [0.29, 0.717) is 18.1 Å². The van der Waals surface area contributed by atoms with Crippen molar-refractivity contribution in [2.24, 2.45) is 0 Å². The predicted octanol–water partition coefficient (Wildman–Crippen LogP) is 4.19. The molecule has 3 heterocycles. The van der Waals surface area contributed by atoms with Gasteiger partial charge in [0.15, 0.2) is 0 Å². The molecule has 0 spiro atoms. The van der Waals surface area contributed by atoms with Gasteiger partial charge in [-0.3, -0.25) is 4.90 Å². The van der Waals surface area contributed by atoms with Gasteiger partial charge in [-0.1, -0.05) is 30.3 Å². The van der Waals surface area contributed by atoms with Gasteiger partial charge in [0.2, 0.25) is 0 Å². The molecule has 28 heavy (non-hydrogen) atoms. The zero-order chi connectivity index (χ0) is 19.6. The topological polar surface area (TPSA) is 53.9 Å². The maximum absolute atomic E-state index is 12.7. The third-order valence-corrected chi connectivity index (χ3v) is 4.65. The number of anilines is 2. The van der Waals surface area contributed by atoms with Crippen LogP contribution >= 0.6 is 0 Å². The van der Waals surface area contributed by atoms with Crippen molar-refractivity contribution in [1.29, 1.82) is 0 Å². The molecule has 144 valence electrons. The molecule has 0 aliphatic carbocycles. The van der Waals surface area contributed by atoms with Crippen LogP contribution in [0.2, 0.25) is 0 Å². The summed E-state index contributed by atoms with van der Waals surface area (Å²) in [6.07, 6.45) is -1.04. The van der Waals surface area contributed by atoms with Crippen LogP contribution in [0.1, 0.15) is 22.5 Å². The van der Waals surface area contributed by atoms with Gasteiger partial charge < -0.3 is 5.32 Å². The summed E-state index contributed by atoms with van der Waals surface area (Å²) in [6, 6.07) is 12.5. The summed E-state index contributed by atoms with van der Waals surface area (Å²) in [6.45, 7) is 2.40. The Labute approximate surface area is 160 Å². The minimum absolute atomic E-state index is 0.459. The van der Waals surface area contributed by atoms with Crippen molar-refractivity contribution in [3.63, 3.8) is 0 Å². The maximum Gasteiger partial charge on any atom is 0.433 e. The van der Waals surface area contributed by atoms with Crippen molar-refractivity contribution in [3.05, 3.63) is 77.5 Å². The van der Waals surface area contributed by atoms with Crippen LogP contribution in [0.15, 0.2) is 55.0 Å². The van der Waals surface area contributed by atoms with Gasteiger partial charge in [-0.2, -0.15) is 13.2 Å². The van der Waals surface area contributed by atoms with Crippen LogP contribution in [0.5, 0.6) is 0 Å². The van der Waals surface area contributed by atoms with Crippen molar-refractivity contribution in [3.8, 4) is 0 Å². The van der Waals surface area contributed by atoms with E-state index in [-0.39, 0.29) is 0 Å². The summed E-state index contributed by atoms with van der Waals surface area (Å²) in [4.78, 5) is 14.5. The fourth-order valence-corrected chi connectivity index (χ4v) is 3.27. The monoisotopic (exact) mass is 385 g/mol. The summed E-state index contributed by atoms with van der Waals surface area (Å²) in [5.74, 6) is 0.617. The Morgan fingerprint density at radius 1 is 1.00 bits per heavy atom. The van der Waals surface area contributed by atoms with Gasteiger partial charge in [0.05, 0.1) is 17.6 Å². The van der Waals surface area contributed by atoms with Crippen LogP contribution in [0, 0.1) is 0 Å². The largest absolute Gasteiger partial charge is 0.433 e. The molecular formula is C20H18F3N5. The highest BCUT2D eigenvalue weighted by Crippen LogP contribution is 2.29. The van der Waals surface area contributed by atoms with Crippen LogP contribution in [0.4, 0.5) is 24.7 Å². The van der Waals surface area contributed by atoms with E-state index in [4.69, 9.17) is 0 Å². The molecule has 2 aromatic heterocycles. The number of rotatable bonds is 4. The minimum Gasteiger partial charge on any atom is -0.339 e. The number of pyridine rings is 1. The second-order valence-electron chi connectivity index (χ2n) is 6.65. The molecule has 1 aliphatic heterocycles. The number of hydrogen-bond donors (Lipinski definition) is 1. The first-order valence-corrected chi connectivity index (χ1v) is 8.88. The number of nitrogens with zero attached hydrogens (tertiary/aromatic N) is 4. The molecule has 4 rings (SSSR count). The predicted molar refractivity (Wildman–Crippen MR) is 98.8 cm³/mol. The fourth-order valence-electron chi connectivity index (χ4n) is 3.27. The second-order valence-corrected chi connectivity index (χ2v) is 6.65. The summed E-state index contributed by atoms with van der Waals surface area (Å²) in [5, 5.41) is 3.08. The number of fused-ring (bicyclic) bond motifs is 1. The van der Waals surface area contributed by atoms with Gasteiger partial charge in [-0.15, -0.1) is 0 Å². The normalized spacial score (nSPS) is 14.5. The van der Waals surface area contributed by atoms with Crippen LogP contribution in [-0.2, 0) is 25.7 Å². The van der Waals surface area contributed by atoms with Gasteiger partial charge in [-0.25, -0.2) is 15.0 Å². The van der Waals surface area contributed by atoms with E-state index >= 15 is 0 Å². The highest BCUT2D eigenvalue weighted by molar-refractivity contribution is 5.59. The molecule has 1 aliphatic rings. The Morgan fingerprint density at radius 2 is 1.82 bits per heavy atom. The average Bonchev–Trinajstić information content (AvgIpc) is 2.69. The van der Waals surface area contributed by atoms with E-state index in [1.165, 1.54) is 24.2 Å². The summed E-state index contributed by atoms with van der Waals surface area (Å²) >= 11 is 0. The molecule has 0 saturated carbocycles. The van der Waals surface area contributed by atoms with Crippen molar-refractivity contribution < 1.29 is 13.2 Å². The van der Waals surface area contributed by atoms with Crippen LogP contribution < -0.4 is 5.32 Å². The van der Waals surface area contributed by atoms with Crippen LogP contribution in [-0.4, -0.2) is 26.4 Å². The average molecular weight is 385 g/mol. The molecule has 0 atom stereocenters. The van der Waals surface area contributed by atoms with Crippen molar-refractivity contribution in [1.82, 2.24) is 19.9 Å². The molecule has 1 N–H and O–H groups in total. The molecule has 5 nitrogen and oxygen atoms in total. The third-order valence-electron chi connectivity index (χ3n) is 4.65. The zero-order valence-electron chi connectivity index (χ0n) is 14.9. The fraction of sp³-hybridized carbons (Fsp3) is 0.250. The standard InChI is InChI=1S/C20H18F3N5/c21-20(22,23)18-7-6-15(10-24-18)27-19-16-8-9-28(12-17(16)25-13-26-19)11-14-4-2-1-3-5-14/h1-7,10,13H,8-9,11-12H2,(H,25,26,27). The van der Waals surface area contributed by atoms with Crippen molar-refractivity contribution in [2.45, 2.75) is 25.7 Å². The van der Waals surface area contributed by atoms with E-state index < -0.39 is 11.9 Å². The first-order chi connectivity index (χ1) is 13.5. The Hall–Kier alpha value is -3.00. The Morgan fingerprint density at radius 3 is 2.54 bits per heavy atom. The number of aromatic nitrogens is 3. The summed E-state index contributed by atoms with van der Waals surface area (Å²) in [7, 11) is 0. The van der Waals surface area contributed by atoms with E-state index in [0.717, 1.165) is 36.8 Å². The summed E-state index contributed by atoms with van der Waals surface area (Å²) < 4.78 is 38.0.